The molecule has 26 heavy (non-hydrogen) atoms. The van der Waals surface area contributed by atoms with Crippen molar-refractivity contribution in [1.82, 2.24) is 20.4 Å². The van der Waals surface area contributed by atoms with Crippen molar-refractivity contribution in [3.05, 3.63) is 63.1 Å². The molecule has 1 aliphatic rings. The van der Waals surface area contributed by atoms with Gasteiger partial charge in [0.25, 0.3) is 11.5 Å². The Balaban J connectivity index is 1.76. The highest BCUT2D eigenvalue weighted by Gasteiger charge is 2.32. The number of hydrogen-bond donors (Lipinski definition) is 2. The Bertz CT molecular complexity index is 834. The van der Waals surface area contributed by atoms with Crippen molar-refractivity contribution in [3.63, 3.8) is 0 Å². The summed E-state index contributed by atoms with van der Waals surface area (Å²) in [4.78, 5) is 26.8. The summed E-state index contributed by atoms with van der Waals surface area (Å²) in [6.07, 6.45) is -0.192. The van der Waals surface area contributed by atoms with Crippen molar-refractivity contribution in [2.75, 3.05) is 26.7 Å². The summed E-state index contributed by atoms with van der Waals surface area (Å²) in [5.74, 6) is -0.405. The van der Waals surface area contributed by atoms with Crippen molar-refractivity contribution in [1.29, 1.82) is 0 Å². The van der Waals surface area contributed by atoms with Gasteiger partial charge in [0.05, 0.1) is 24.4 Å². The minimum absolute atomic E-state index is 0.0452. The summed E-state index contributed by atoms with van der Waals surface area (Å²) in [5, 5.41) is 9.11. The van der Waals surface area contributed by atoms with Crippen molar-refractivity contribution >= 4 is 5.91 Å². The molecule has 0 spiro atoms. The fourth-order valence-electron chi connectivity index (χ4n) is 3.33. The summed E-state index contributed by atoms with van der Waals surface area (Å²) in [5.41, 5.74) is 1.99. The van der Waals surface area contributed by atoms with Crippen LogP contribution in [0, 0.1) is 13.8 Å². The van der Waals surface area contributed by atoms with Crippen LogP contribution in [0.2, 0.25) is 0 Å². The van der Waals surface area contributed by atoms with E-state index in [1.54, 1.807) is 13.8 Å². The molecule has 0 unspecified atom stereocenters. The number of hydrogen-bond acceptors (Lipinski definition) is 5. The first kappa shape index (κ1) is 18.3. The fourth-order valence-corrected chi connectivity index (χ4v) is 3.33. The van der Waals surface area contributed by atoms with Crippen molar-refractivity contribution in [2.24, 2.45) is 0 Å². The minimum atomic E-state index is -0.480. The van der Waals surface area contributed by atoms with E-state index in [0.717, 1.165) is 12.1 Å². The molecular formula is C19H24N4O3. The Hall–Kier alpha value is -2.51. The molecule has 3 rings (SSSR count). The Labute approximate surface area is 152 Å². The molecule has 2 atom stereocenters. The van der Waals surface area contributed by atoms with E-state index >= 15 is 0 Å². The number of aromatic nitrogens is 2. The second kappa shape index (κ2) is 7.80. The number of nitrogens with one attached hydrogen (secondary N) is 2. The van der Waals surface area contributed by atoms with E-state index in [4.69, 9.17) is 4.74 Å². The number of H-pyrrole nitrogens is 1. The normalized spacial score (nSPS) is 20.7. The Kier molecular flexibility index (Phi) is 5.49. The van der Waals surface area contributed by atoms with Crippen LogP contribution in [0.3, 0.4) is 0 Å². The maximum absolute atomic E-state index is 12.6. The lowest BCUT2D eigenvalue weighted by Gasteiger charge is -2.39. The standard InChI is InChI=1S/C19H24N4O3/c1-12-13(2)21-22-19(25)16(12)18(24)20-11-15-17(23(3)9-10-26-15)14-7-5-4-6-8-14/h4-8,15,17H,9-11H2,1-3H3,(H,20,24)(H,22,25)/t15-,17-/m0/s1. The number of carbonyl (C=O) groups excluding carboxylic acids is 1. The van der Waals surface area contributed by atoms with Crippen LogP contribution in [0.15, 0.2) is 35.1 Å². The second-order valence-corrected chi connectivity index (χ2v) is 6.59. The molecule has 1 fully saturated rings. The van der Waals surface area contributed by atoms with Gasteiger partial charge in [-0.05, 0) is 32.0 Å². The van der Waals surface area contributed by atoms with Gasteiger partial charge in [-0.3, -0.25) is 14.5 Å². The molecule has 2 heterocycles. The molecule has 2 N–H and O–H groups in total. The zero-order valence-corrected chi connectivity index (χ0v) is 15.3. The van der Waals surface area contributed by atoms with E-state index in [9.17, 15) is 9.59 Å². The average Bonchev–Trinajstić information content (AvgIpc) is 2.64. The molecule has 1 aromatic carbocycles. The van der Waals surface area contributed by atoms with Crippen LogP contribution >= 0.6 is 0 Å². The van der Waals surface area contributed by atoms with Gasteiger partial charge in [0, 0.05) is 13.1 Å². The molecule has 0 saturated carbocycles. The number of aryl methyl sites for hydroxylation is 1. The van der Waals surface area contributed by atoms with E-state index in [1.807, 2.05) is 18.2 Å². The Morgan fingerprint density at radius 1 is 1.35 bits per heavy atom. The van der Waals surface area contributed by atoms with Gasteiger partial charge in [0.15, 0.2) is 0 Å². The molecular weight excluding hydrogens is 332 g/mol. The third-order valence-electron chi connectivity index (χ3n) is 4.90. The zero-order valence-electron chi connectivity index (χ0n) is 15.3. The predicted molar refractivity (Wildman–Crippen MR) is 98.2 cm³/mol. The number of morpholine rings is 1. The third kappa shape index (κ3) is 3.68. The summed E-state index contributed by atoms with van der Waals surface area (Å²) in [7, 11) is 2.05. The number of benzene rings is 1. The van der Waals surface area contributed by atoms with Crippen molar-refractivity contribution in [2.45, 2.75) is 26.0 Å². The van der Waals surface area contributed by atoms with E-state index in [1.165, 1.54) is 0 Å². The van der Waals surface area contributed by atoms with Crippen LogP contribution in [-0.2, 0) is 4.74 Å². The average molecular weight is 356 g/mol. The van der Waals surface area contributed by atoms with E-state index in [-0.39, 0.29) is 17.7 Å². The smallest absolute Gasteiger partial charge is 0.277 e. The summed E-state index contributed by atoms with van der Waals surface area (Å²) in [6, 6.07) is 10.1. The minimum Gasteiger partial charge on any atom is -0.373 e. The van der Waals surface area contributed by atoms with E-state index in [0.29, 0.717) is 24.4 Å². The molecule has 7 nitrogen and oxygen atoms in total. The third-order valence-corrected chi connectivity index (χ3v) is 4.90. The molecule has 2 aromatic rings. The summed E-state index contributed by atoms with van der Waals surface area (Å²) >= 11 is 0. The molecule has 138 valence electrons. The number of carbonyl (C=O) groups is 1. The van der Waals surface area contributed by atoms with Gasteiger partial charge in [-0.25, -0.2) is 5.10 Å². The lowest BCUT2D eigenvalue weighted by molar-refractivity contribution is -0.0605. The largest absolute Gasteiger partial charge is 0.373 e. The van der Waals surface area contributed by atoms with Gasteiger partial charge in [0.2, 0.25) is 0 Å². The molecule has 1 aliphatic heterocycles. The molecule has 7 heteroatoms. The number of amides is 1. The highest BCUT2D eigenvalue weighted by Crippen LogP contribution is 2.27. The predicted octanol–water partition coefficient (Wildman–Crippen LogP) is 1.19. The number of rotatable bonds is 4. The van der Waals surface area contributed by atoms with Gasteiger partial charge >= 0.3 is 0 Å². The first-order valence-corrected chi connectivity index (χ1v) is 8.70. The quantitative estimate of drug-likeness (QED) is 0.859. The molecule has 1 saturated heterocycles. The first-order valence-electron chi connectivity index (χ1n) is 8.70. The monoisotopic (exact) mass is 356 g/mol. The molecule has 0 radical (unpaired) electrons. The maximum atomic E-state index is 12.6. The molecule has 1 amide bonds. The van der Waals surface area contributed by atoms with Gasteiger partial charge in [0.1, 0.15) is 5.56 Å². The molecule has 0 aliphatic carbocycles. The SMILES string of the molecule is Cc1n[nH]c(=O)c(C(=O)NC[C@@H]2OCCN(C)[C@H]2c2ccccc2)c1C. The van der Waals surface area contributed by atoms with Crippen molar-refractivity contribution in [3.8, 4) is 0 Å². The van der Waals surface area contributed by atoms with E-state index in [2.05, 4.69) is 39.6 Å². The van der Waals surface area contributed by atoms with Gasteiger partial charge < -0.3 is 10.1 Å². The van der Waals surface area contributed by atoms with Gasteiger partial charge in [-0.1, -0.05) is 30.3 Å². The lowest BCUT2D eigenvalue weighted by atomic mass is 9.98. The number of nitrogens with zero attached hydrogens (tertiary/aromatic N) is 2. The number of ether oxygens (including phenoxy) is 1. The first-order chi connectivity index (χ1) is 12.5. The zero-order chi connectivity index (χ0) is 18.7. The topological polar surface area (TPSA) is 87.3 Å². The van der Waals surface area contributed by atoms with Crippen LogP contribution in [0.4, 0.5) is 0 Å². The van der Waals surface area contributed by atoms with E-state index < -0.39 is 11.5 Å². The van der Waals surface area contributed by atoms with Crippen LogP contribution in [-0.4, -0.2) is 53.9 Å². The summed E-state index contributed by atoms with van der Waals surface area (Å²) in [6.45, 7) is 5.24. The Morgan fingerprint density at radius 3 is 2.81 bits per heavy atom. The fraction of sp³-hybridized carbons (Fsp3) is 0.421. The highest BCUT2D eigenvalue weighted by atomic mass is 16.5. The maximum Gasteiger partial charge on any atom is 0.277 e. The second-order valence-electron chi connectivity index (χ2n) is 6.59. The van der Waals surface area contributed by atoms with Crippen LogP contribution in [0.1, 0.15) is 33.2 Å². The van der Waals surface area contributed by atoms with Gasteiger partial charge in [-0.15, -0.1) is 0 Å². The molecule has 1 aromatic heterocycles. The van der Waals surface area contributed by atoms with Crippen LogP contribution in [0.25, 0.3) is 0 Å². The lowest BCUT2D eigenvalue weighted by Crippen LogP contribution is -2.48. The number of aromatic amines is 1. The Morgan fingerprint density at radius 2 is 2.08 bits per heavy atom. The van der Waals surface area contributed by atoms with Crippen LogP contribution < -0.4 is 10.9 Å². The number of likely N-dealkylation sites (N-methyl/N-ethyl adjacent to an activating group) is 1. The van der Waals surface area contributed by atoms with Gasteiger partial charge in [-0.2, -0.15) is 5.10 Å². The van der Waals surface area contributed by atoms with Crippen molar-refractivity contribution < 1.29 is 9.53 Å². The summed E-state index contributed by atoms with van der Waals surface area (Å²) < 4.78 is 5.93. The molecule has 0 bridgehead atoms. The van der Waals surface area contributed by atoms with Crippen LogP contribution in [0.5, 0.6) is 0 Å². The highest BCUT2D eigenvalue weighted by molar-refractivity contribution is 5.95.